The van der Waals surface area contributed by atoms with Gasteiger partial charge in [0.05, 0.1) is 0 Å². The summed E-state index contributed by atoms with van der Waals surface area (Å²) in [4.78, 5) is 0. The van der Waals surface area contributed by atoms with E-state index in [-0.39, 0.29) is 0 Å². The zero-order valence-electron chi connectivity index (χ0n) is 7.25. The molecular weight excluding hydrogens is 166 g/mol. The number of aryl methyl sites for hydroxylation is 1. The topological polar surface area (TPSA) is 3.24 Å². The molecule has 0 N–H and O–H groups in total. The van der Waals surface area contributed by atoms with Gasteiger partial charge in [-0.2, -0.15) is 0 Å². The highest BCUT2D eigenvalue weighted by atomic mass is 32.1. The van der Waals surface area contributed by atoms with Crippen molar-refractivity contribution in [1.29, 1.82) is 0 Å². The first kappa shape index (κ1) is 8.14. The fourth-order valence-corrected chi connectivity index (χ4v) is 1.92. The zero-order valence-corrected chi connectivity index (χ0v) is 8.14. The summed E-state index contributed by atoms with van der Waals surface area (Å²) < 4.78 is 2.07. The Hall–Kier alpha value is -0.470. The van der Waals surface area contributed by atoms with E-state index in [9.17, 15) is 0 Å². The third-order valence-electron chi connectivity index (χ3n) is 2.35. The molecule has 0 fully saturated rings. The predicted molar refractivity (Wildman–Crippen MR) is 54.3 cm³/mol. The first-order valence-electron chi connectivity index (χ1n) is 4.28. The zero-order chi connectivity index (χ0) is 8.55. The average Bonchev–Trinajstić information content (AvgIpc) is 2.05. The van der Waals surface area contributed by atoms with Gasteiger partial charge < -0.3 is 0 Å². The average molecular weight is 179 g/mol. The summed E-state index contributed by atoms with van der Waals surface area (Å²) in [6.07, 6.45) is 1.14. The van der Waals surface area contributed by atoms with Gasteiger partial charge in [0.25, 0.3) is 0 Å². The molecule has 1 nitrogen and oxygen atoms in total. The normalized spacial score (nSPS) is 17.5. The predicted octanol–water partition coefficient (Wildman–Crippen LogP) is 2.20. The number of hydrogen-bond acceptors (Lipinski definition) is 2. The molecule has 1 heterocycles. The standard InChI is InChI=1S/C10H13NS/c1-8-2-3-10-7-11(12)5-4-9(10)6-8/h2-3,6,12H,4-5,7H2,1H3. The lowest BCUT2D eigenvalue weighted by molar-refractivity contribution is 0.450. The summed E-state index contributed by atoms with van der Waals surface area (Å²) in [5.74, 6) is 0. The van der Waals surface area contributed by atoms with Crippen LogP contribution in [0.5, 0.6) is 0 Å². The number of benzene rings is 1. The molecule has 0 saturated heterocycles. The fraction of sp³-hybridized carbons (Fsp3) is 0.400. The highest BCUT2D eigenvalue weighted by Crippen LogP contribution is 2.20. The van der Waals surface area contributed by atoms with Crippen LogP contribution in [0.2, 0.25) is 0 Å². The Morgan fingerprint density at radius 1 is 1.33 bits per heavy atom. The summed E-state index contributed by atoms with van der Waals surface area (Å²) in [7, 11) is 0. The minimum atomic E-state index is 0.985. The van der Waals surface area contributed by atoms with Gasteiger partial charge in [-0.05, 0) is 24.5 Å². The molecule has 0 amide bonds. The van der Waals surface area contributed by atoms with Crippen LogP contribution in [0.4, 0.5) is 0 Å². The molecule has 12 heavy (non-hydrogen) atoms. The van der Waals surface area contributed by atoms with Crippen LogP contribution in [0.25, 0.3) is 0 Å². The van der Waals surface area contributed by atoms with Crippen molar-refractivity contribution in [2.24, 2.45) is 0 Å². The maximum atomic E-state index is 4.35. The molecule has 2 rings (SSSR count). The van der Waals surface area contributed by atoms with Crippen molar-refractivity contribution < 1.29 is 0 Å². The Labute approximate surface area is 78.9 Å². The largest absolute Gasteiger partial charge is 0.249 e. The molecule has 1 aromatic rings. The van der Waals surface area contributed by atoms with Gasteiger partial charge in [-0.3, -0.25) is 0 Å². The molecule has 0 spiro atoms. The molecule has 0 aliphatic carbocycles. The first-order valence-corrected chi connectivity index (χ1v) is 4.68. The van der Waals surface area contributed by atoms with Gasteiger partial charge in [0.2, 0.25) is 0 Å². The van der Waals surface area contributed by atoms with Crippen LogP contribution in [0.15, 0.2) is 18.2 Å². The van der Waals surface area contributed by atoms with Crippen LogP contribution < -0.4 is 0 Å². The lowest BCUT2D eigenvalue weighted by Crippen LogP contribution is -2.22. The molecule has 1 aromatic carbocycles. The molecule has 1 aliphatic heterocycles. The van der Waals surface area contributed by atoms with Crippen molar-refractivity contribution in [3.05, 3.63) is 34.9 Å². The van der Waals surface area contributed by atoms with Crippen LogP contribution in [0.1, 0.15) is 16.7 Å². The van der Waals surface area contributed by atoms with Crippen LogP contribution in [-0.2, 0) is 13.0 Å². The highest BCUT2D eigenvalue weighted by molar-refractivity contribution is 7.77. The Kier molecular flexibility index (Phi) is 2.11. The Morgan fingerprint density at radius 3 is 3.00 bits per heavy atom. The third kappa shape index (κ3) is 1.50. The molecule has 64 valence electrons. The van der Waals surface area contributed by atoms with Gasteiger partial charge in [0, 0.05) is 13.1 Å². The van der Waals surface area contributed by atoms with Crippen LogP contribution in [-0.4, -0.2) is 10.8 Å². The number of hydrogen-bond donors (Lipinski definition) is 1. The molecule has 0 bridgehead atoms. The van der Waals surface area contributed by atoms with Crippen molar-refractivity contribution in [2.45, 2.75) is 19.9 Å². The first-order chi connectivity index (χ1) is 5.75. The van der Waals surface area contributed by atoms with Crippen molar-refractivity contribution in [3.8, 4) is 0 Å². The van der Waals surface area contributed by atoms with Crippen LogP contribution in [0, 0.1) is 6.92 Å². The molecular formula is C10H13NS. The van der Waals surface area contributed by atoms with Crippen LogP contribution >= 0.6 is 12.8 Å². The summed E-state index contributed by atoms with van der Waals surface area (Å²) in [5.41, 5.74) is 4.29. The maximum absolute atomic E-state index is 4.35. The van der Waals surface area contributed by atoms with E-state index in [1.165, 1.54) is 16.7 Å². The SMILES string of the molecule is Cc1ccc2c(c1)CCN(S)C2. The van der Waals surface area contributed by atoms with E-state index in [4.69, 9.17) is 0 Å². The van der Waals surface area contributed by atoms with Crippen molar-refractivity contribution >= 4 is 12.8 Å². The minimum Gasteiger partial charge on any atom is -0.249 e. The number of rotatable bonds is 0. The van der Waals surface area contributed by atoms with E-state index in [0.717, 1.165) is 19.5 Å². The lowest BCUT2D eigenvalue weighted by Gasteiger charge is -2.23. The van der Waals surface area contributed by atoms with E-state index in [1.54, 1.807) is 0 Å². The summed E-state index contributed by atoms with van der Waals surface area (Å²) in [6, 6.07) is 6.68. The van der Waals surface area contributed by atoms with Gasteiger partial charge in [-0.15, -0.1) is 0 Å². The number of fused-ring (bicyclic) bond motifs is 1. The van der Waals surface area contributed by atoms with Crippen molar-refractivity contribution in [1.82, 2.24) is 4.31 Å². The van der Waals surface area contributed by atoms with Gasteiger partial charge in [-0.1, -0.05) is 36.6 Å². The Morgan fingerprint density at radius 2 is 2.17 bits per heavy atom. The van der Waals surface area contributed by atoms with Crippen molar-refractivity contribution in [3.63, 3.8) is 0 Å². The van der Waals surface area contributed by atoms with Gasteiger partial charge in [0.1, 0.15) is 0 Å². The second-order valence-corrected chi connectivity index (χ2v) is 3.98. The number of nitrogens with zero attached hydrogens (tertiary/aromatic N) is 1. The molecule has 0 unspecified atom stereocenters. The van der Waals surface area contributed by atoms with E-state index >= 15 is 0 Å². The minimum absolute atomic E-state index is 0.985. The monoisotopic (exact) mass is 179 g/mol. The molecule has 1 aliphatic rings. The Balaban J connectivity index is 2.37. The summed E-state index contributed by atoms with van der Waals surface area (Å²) >= 11 is 4.35. The van der Waals surface area contributed by atoms with E-state index in [2.05, 4.69) is 42.2 Å². The molecule has 0 aromatic heterocycles. The Bertz CT molecular complexity index is 296. The molecule has 0 atom stereocenters. The second-order valence-electron chi connectivity index (χ2n) is 3.41. The van der Waals surface area contributed by atoms with Crippen molar-refractivity contribution in [2.75, 3.05) is 6.54 Å². The van der Waals surface area contributed by atoms with Crippen LogP contribution in [0.3, 0.4) is 0 Å². The summed E-state index contributed by atoms with van der Waals surface area (Å²) in [6.45, 7) is 4.20. The molecule has 0 saturated carbocycles. The van der Waals surface area contributed by atoms with Gasteiger partial charge in [0.15, 0.2) is 0 Å². The van der Waals surface area contributed by atoms with Gasteiger partial charge >= 0.3 is 0 Å². The highest BCUT2D eigenvalue weighted by Gasteiger charge is 2.12. The molecule has 2 heteroatoms. The van der Waals surface area contributed by atoms with Gasteiger partial charge in [-0.25, -0.2) is 4.31 Å². The summed E-state index contributed by atoms with van der Waals surface area (Å²) in [5, 5.41) is 0. The molecule has 0 radical (unpaired) electrons. The second kappa shape index (κ2) is 3.11. The van der Waals surface area contributed by atoms with E-state index in [0.29, 0.717) is 0 Å². The third-order valence-corrected chi connectivity index (χ3v) is 2.70. The quantitative estimate of drug-likeness (QED) is 0.598. The maximum Gasteiger partial charge on any atom is 0.0341 e. The lowest BCUT2D eigenvalue weighted by atomic mass is 9.99. The number of thiol groups is 1. The van der Waals surface area contributed by atoms with E-state index in [1.807, 2.05) is 0 Å². The fourth-order valence-electron chi connectivity index (χ4n) is 1.67. The smallest absolute Gasteiger partial charge is 0.0341 e. The van der Waals surface area contributed by atoms with E-state index < -0.39 is 0 Å².